The summed E-state index contributed by atoms with van der Waals surface area (Å²) in [6, 6.07) is 12.7. The van der Waals surface area contributed by atoms with Crippen LogP contribution in [-0.4, -0.2) is 55.8 Å². The Morgan fingerprint density at radius 1 is 0.976 bits per heavy atom. The summed E-state index contributed by atoms with van der Waals surface area (Å²) in [4.78, 5) is 19.2. The molecule has 8 nitrogen and oxygen atoms in total. The number of piperidine rings is 1. The van der Waals surface area contributed by atoms with Gasteiger partial charge in [-0.15, -0.1) is 24.8 Å². The third-order valence-electron chi connectivity index (χ3n) is 6.81. The number of carbonyl (C=O) groups is 1. The molecule has 2 N–H and O–H groups in total. The molecule has 1 saturated heterocycles. The lowest BCUT2D eigenvalue weighted by Crippen LogP contribution is -2.31. The maximum Gasteiger partial charge on any atom is 0.319 e. The van der Waals surface area contributed by atoms with Crippen LogP contribution in [0.2, 0.25) is 0 Å². The van der Waals surface area contributed by atoms with Gasteiger partial charge in [-0.25, -0.2) is 4.79 Å². The van der Waals surface area contributed by atoms with Crippen molar-refractivity contribution in [2.75, 3.05) is 45.2 Å². The number of halogens is 2. The Kier molecular flexibility index (Phi) is 13.8. The monoisotopic (exact) mass is 606 g/mol. The summed E-state index contributed by atoms with van der Waals surface area (Å²) in [7, 11) is 1.64. The molecule has 0 unspecified atom stereocenters. The van der Waals surface area contributed by atoms with E-state index >= 15 is 0 Å². The van der Waals surface area contributed by atoms with Crippen molar-refractivity contribution in [3.8, 4) is 23.0 Å². The number of hydrogen-bond donors (Lipinski definition) is 2. The largest absolute Gasteiger partial charge is 0.493 e. The molecule has 10 heteroatoms. The van der Waals surface area contributed by atoms with E-state index in [1.54, 1.807) is 13.3 Å². The summed E-state index contributed by atoms with van der Waals surface area (Å²) in [5.41, 5.74) is 1.64. The molecule has 0 bridgehead atoms. The van der Waals surface area contributed by atoms with Gasteiger partial charge in [-0.05, 0) is 80.6 Å². The molecule has 0 spiro atoms. The SMILES string of the molecule is COc1cc2c(Oc3ccc(NC(=O)NCCC(C)(C)C)cc3)ccnc2cc1OCCCN1CCCCC1.Cl.Cl. The first-order valence-corrected chi connectivity index (χ1v) is 14.0. The number of aromatic nitrogens is 1. The Morgan fingerprint density at radius 2 is 1.71 bits per heavy atom. The predicted octanol–water partition coefficient (Wildman–Crippen LogP) is 7.69. The lowest BCUT2D eigenvalue weighted by atomic mass is 9.92. The number of hydrogen-bond acceptors (Lipinski definition) is 6. The second-order valence-electron chi connectivity index (χ2n) is 11.3. The Balaban J connectivity index is 0.00000294. The van der Waals surface area contributed by atoms with Crippen molar-refractivity contribution in [3.05, 3.63) is 48.7 Å². The van der Waals surface area contributed by atoms with Crippen molar-refractivity contribution in [2.24, 2.45) is 5.41 Å². The van der Waals surface area contributed by atoms with Gasteiger partial charge in [0, 0.05) is 36.4 Å². The molecule has 1 aliphatic rings. The highest BCUT2D eigenvalue weighted by Gasteiger charge is 2.14. The number of urea groups is 1. The highest BCUT2D eigenvalue weighted by Crippen LogP contribution is 2.37. The van der Waals surface area contributed by atoms with Crippen LogP contribution in [0.4, 0.5) is 10.5 Å². The number of nitrogens with one attached hydrogen (secondary N) is 2. The van der Waals surface area contributed by atoms with Gasteiger partial charge in [0.25, 0.3) is 0 Å². The molecule has 2 amide bonds. The number of ether oxygens (including phenoxy) is 3. The van der Waals surface area contributed by atoms with Crippen molar-refractivity contribution < 1.29 is 19.0 Å². The molecular weight excluding hydrogens is 563 g/mol. The smallest absolute Gasteiger partial charge is 0.319 e. The van der Waals surface area contributed by atoms with Crippen LogP contribution >= 0.6 is 24.8 Å². The van der Waals surface area contributed by atoms with Gasteiger partial charge < -0.3 is 29.7 Å². The quantitative estimate of drug-likeness (QED) is 0.218. The minimum absolute atomic E-state index is 0. The standard InChI is InChI=1S/C31H42N4O4.2ClH/c1-31(2,3)14-16-33-30(36)34-23-9-11-24(12-10-23)39-27-13-15-32-26-22-29(28(37-4)21-25(26)27)38-20-8-19-35-17-6-5-7-18-35;;/h9-13,15,21-22H,5-8,14,16-20H2,1-4H3,(H2,33,34,36);2*1H. The first-order chi connectivity index (χ1) is 18.8. The van der Waals surface area contributed by atoms with Gasteiger partial charge in [0.1, 0.15) is 11.5 Å². The number of carbonyl (C=O) groups excluding carboxylic acids is 1. The van der Waals surface area contributed by atoms with E-state index in [1.807, 2.05) is 42.5 Å². The van der Waals surface area contributed by atoms with E-state index in [4.69, 9.17) is 14.2 Å². The molecule has 0 aliphatic carbocycles. The Bertz CT molecular complexity index is 1230. The number of rotatable bonds is 11. The van der Waals surface area contributed by atoms with E-state index in [0.29, 0.717) is 41.8 Å². The van der Waals surface area contributed by atoms with Gasteiger partial charge in [-0.3, -0.25) is 4.98 Å². The molecule has 41 heavy (non-hydrogen) atoms. The summed E-state index contributed by atoms with van der Waals surface area (Å²) in [6.45, 7) is 11.2. The predicted molar refractivity (Wildman–Crippen MR) is 171 cm³/mol. The van der Waals surface area contributed by atoms with Gasteiger partial charge in [-0.1, -0.05) is 27.2 Å². The van der Waals surface area contributed by atoms with E-state index in [9.17, 15) is 4.79 Å². The van der Waals surface area contributed by atoms with Crippen LogP contribution in [0.1, 0.15) is 52.9 Å². The summed E-state index contributed by atoms with van der Waals surface area (Å²) in [6.07, 6.45) is 7.55. The number of nitrogens with zero attached hydrogens (tertiary/aromatic N) is 2. The molecule has 1 aliphatic heterocycles. The van der Waals surface area contributed by atoms with Gasteiger partial charge in [0.2, 0.25) is 0 Å². The van der Waals surface area contributed by atoms with Crippen LogP contribution in [0.5, 0.6) is 23.0 Å². The van der Waals surface area contributed by atoms with E-state index < -0.39 is 0 Å². The first kappa shape index (κ1) is 34.3. The number of anilines is 1. The molecule has 0 radical (unpaired) electrons. The van der Waals surface area contributed by atoms with Crippen LogP contribution in [0.15, 0.2) is 48.7 Å². The molecule has 2 heterocycles. The second kappa shape index (κ2) is 16.5. The van der Waals surface area contributed by atoms with Crippen molar-refractivity contribution in [1.82, 2.24) is 15.2 Å². The molecule has 4 rings (SSSR count). The lowest BCUT2D eigenvalue weighted by molar-refractivity contribution is 0.203. The van der Waals surface area contributed by atoms with Gasteiger partial charge in [0.15, 0.2) is 11.5 Å². The molecule has 3 aromatic rings. The molecule has 0 atom stereocenters. The van der Waals surface area contributed by atoms with Crippen molar-refractivity contribution in [1.29, 1.82) is 0 Å². The normalized spacial score (nSPS) is 13.5. The zero-order chi connectivity index (χ0) is 27.7. The Hall–Kier alpha value is -2.94. The zero-order valence-corrected chi connectivity index (χ0v) is 26.2. The van der Waals surface area contributed by atoms with Crippen LogP contribution in [0.3, 0.4) is 0 Å². The Morgan fingerprint density at radius 3 is 2.39 bits per heavy atom. The van der Waals surface area contributed by atoms with Crippen molar-refractivity contribution in [2.45, 2.75) is 52.9 Å². The number of benzene rings is 2. The molecule has 1 fully saturated rings. The third-order valence-corrected chi connectivity index (χ3v) is 6.81. The topological polar surface area (TPSA) is 85.0 Å². The minimum atomic E-state index is -0.218. The highest BCUT2D eigenvalue weighted by molar-refractivity contribution is 5.90. The van der Waals surface area contributed by atoms with E-state index in [2.05, 4.69) is 41.3 Å². The van der Waals surface area contributed by atoms with Crippen molar-refractivity contribution >= 4 is 47.4 Å². The number of amides is 2. The van der Waals surface area contributed by atoms with Gasteiger partial charge in [0.05, 0.1) is 19.2 Å². The maximum atomic E-state index is 12.2. The molecule has 0 saturated carbocycles. The Labute approximate surface area is 256 Å². The van der Waals surface area contributed by atoms with Crippen molar-refractivity contribution in [3.63, 3.8) is 0 Å². The van der Waals surface area contributed by atoms with Crippen LogP contribution in [0, 0.1) is 5.41 Å². The third kappa shape index (κ3) is 10.8. The lowest BCUT2D eigenvalue weighted by Gasteiger charge is -2.26. The number of fused-ring (bicyclic) bond motifs is 1. The summed E-state index contributed by atoms with van der Waals surface area (Å²) in [5.74, 6) is 2.65. The fourth-order valence-corrected chi connectivity index (χ4v) is 4.60. The summed E-state index contributed by atoms with van der Waals surface area (Å²) in [5, 5.41) is 6.59. The van der Waals surface area contributed by atoms with Crippen LogP contribution in [0.25, 0.3) is 10.9 Å². The average Bonchev–Trinajstić information content (AvgIpc) is 2.92. The summed E-state index contributed by atoms with van der Waals surface area (Å²) >= 11 is 0. The van der Waals surface area contributed by atoms with Gasteiger partial charge >= 0.3 is 6.03 Å². The second-order valence-corrected chi connectivity index (χ2v) is 11.3. The zero-order valence-electron chi connectivity index (χ0n) is 24.5. The number of pyridine rings is 1. The molecular formula is C31H44Cl2N4O4. The fourth-order valence-electron chi connectivity index (χ4n) is 4.60. The maximum absolute atomic E-state index is 12.2. The first-order valence-electron chi connectivity index (χ1n) is 14.0. The molecule has 1 aromatic heterocycles. The average molecular weight is 608 g/mol. The van der Waals surface area contributed by atoms with E-state index in [-0.39, 0.29) is 36.3 Å². The summed E-state index contributed by atoms with van der Waals surface area (Å²) < 4.78 is 17.9. The number of methoxy groups -OCH3 is 1. The van der Waals surface area contributed by atoms with Gasteiger partial charge in [-0.2, -0.15) is 0 Å². The minimum Gasteiger partial charge on any atom is -0.493 e. The van der Waals surface area contributed by atoms with Crippen LogP contribution < -0.4 is 24.8 Å². The van der Waals surface area contributed by atoms with Crippen LogP contribution in [-0.2, 0) is 0 Å². The van der Waals surface area contributed by atoms with E-state index in [0.717, 1.165) is 30.3 Å². The number of likely N-dealkylation sites (tertiary alicyclic amines) is 1. The van der Waals surface area contributed by atoms with E-state index in [1.165, 1.54) is 32.4 Å². The highest BCUT2D eigenvalue weighted by atomic mass is 35.5. The molecule has 226 valence electrons. The molecule has 2 aromatic carbocycles. The fraction of sp³-hybridized carbons (Fsp3) is 0.484.